The minimum Gasteiger partial charge on any atom is -0.176 e. The van der Waals surface area contributed by atoms with Crippen molar-refractivity contribution in [2.24, 2.45) is 23.7 Å². The molecule has 0 aromatic rings. The first-order chi connectivity index (χ1) is 13.3. The van der Waals surface area contributed by atoms with Crippen molar-refractivity contribution in [1.82, 2.24) is 0 Å². The Balaban J connectivity index is 4.10. The lowest BCUT2D eigenvalue weighted by Crippen LogP contribution is -2.15. The summed E-state index contributed by atoms with van der Waals surface area (Å²) in [6.07, 6.45) is 22.6. The number of thiol groups is 1. The van der Waals surface area contributed by atoms with Crippen molar-refractivity contribution in [3.05, 3.63) is 0 Å². The summed E-state index contributed by atoms with van der Waals surface area (Å²) in [5.74, 6) is 3.46. The van der Waals surface area contributed by atoms with Crippen molar-refractivity contribution in [2.45, 2.75) is 150 Å². The Morgan fingerprint density at radius 3 is 1.04 bits per heavy atom. The second-order valence-electron chi connectivity index (χ2n) is 10.8. The normalized spacial score (nSPS) is 14.4. The van der Waals surface area contributed by atoms with E-state index in [0.717, 1.165) is 23.7 Å². The maximum absolute atomic E-state index is 5.10. The fourth-order valence-electron chi connectivity index (χ4n) is 4.30. The molecule has 0 saturated heterocycles. The molecule has 0 aliphatic carbocycles. The Morgan fingerprint density at radius 1 is 0.393 bits per heavy atom. The summed E-state index contributed by atoms with van der Waals surface area (Å²) in [5.41, 5.74) is 0. The van der Waals surface area contributed by atoms with Gasteiger partial charge >= 0.3 is 0 Å². The van der Waals surface area contributed by atoms with Gasteiger partial charge in [0.25, 0.3) is 0 Å². The van der Waals surface area contributed by atoms with Crippen molar-refractivity contribution in [3.8, 4) is 0 Å². The molecule has 0 aromatic carbocycles. The van der Waals surface area contributed by atoms with E-state index in [2.05, 4.69) is 41.5 Å². The highest BCUT2D eigenvalue weighted by atomic mass is 32.1. The molecule has 170 valence electrons. The molecule has 0 heterocycles. The van der Waals surface area contributed by atoms with E-state index in [4.69, 9.17) is 12.6 Å². The maximum atomic E-state index is 5.10. The van der Waals surface area contributed by atoms with Crippen molar-refractivity contribution in [3.63, 3.8) is 0 Å². The smallest absolute Gasteiger partial charge is 0.00450 e. The average molecular weight is 413 g/mol. The Morgan fingerprint density at radius 2 is 0.679 bits per heavy atom. The molecule has 0 nitrogen and oxygen atoms in total. The second kappa shape index (κ2) is 19.3. The molecule has 0 N–H and O–H groups in total. The summed E-state index contributed by atoms with van der Waals surface area (Å²) >= 11 is 5.10. The molecule has 28 heavy (non-hydrogen) atoms. The third-order valence-electron chi connectivity index (χ3n) is 6.29. The predicted octanol–water partition coefficient (Wildman–Crippen LogP) is 10.1. The highest BCUT2D eigenvalue weighted by molar-refractivity contribution is 7.81. The van der Waals surface area contributed by atoms with Crippen LogP contribution in [0, 0.1) is 23.7 Å². The van der Waals surface area contributed by atoms with Gasteiger partial charge in [-0.1, -0.05) is 125 Å². The highest BCUT2D eigenvalue weighted by Gasteiger charge is 2.17. The summed E-state index contributed by atoms with van der Waals surface area (Å²) in [5, 5.41) is 0.639. The maximum Gasteiger partial charge on any atom is 0.00450 e. The van der Waals surface area contributed by atoms with Crippen LogP contribution in [0.3, 0.4) is 0 Å². The van der Waals surface area contributed by atoms with Gasteiger partial charge in [-0.3, -0.25) is 0 Å². The van der Waals surface area contributed by atoms with Crippen molar-refractivity contribution >= 4 is 12.6 Å². The van der Waals surface area contributed by atoms with Gasteiger partial charge in [0.1, 0.15) is 0 Å². The van der Waals surface area contributed by atoms with Crippen LogP contribution in [0.1, 0.15) is 144 Å². The number of rotatable bonds is 20. The topological polar surface area (TPSA) is 0 Å². The molecule has 0 spiro atoms. The monoisotopic (exact) mass is 412 g/mol. The van der Waals surface area contributed by atoms with Crippen LogP contribution in [0.15, 0.2) is 0 Å². The molecule has 0 amide bonds. The van der Waals surface area contributed by atoms with E-state index >= 15 is 0 Å². The van der Waals surface area contributed by atoms with Gasteiger partial charge in [0, 0.05) is 5.25 Å². The van der Waals surface area contributed by atoms with E-state index in [-0.39, 0.29) is 0 Å². The van der Waals surface area contributed by atoms with Gasteiger partial charge in [-0.25, -0.2) is 0 Å². The fourth-order valence-corrected chi connectivity index (χ4v) is 4.78. The van der Waals surface area contributed by atoms with Crippen LogP contribution in [-0.2, 0) is 0 Å². The molecule has 2 atom stereocenters. The predicted molar refractivity (Wildman–Crippen MR) is 135 cm³/mol. The molecular weight excluding hydrogens is 356 g/mol. The van der Waals surface area contributed by atoms with Crippen LogP contribution >= 0.6 is 12.6 Å². The Labute approximate surface area is 185 Å². The van der Waals surface area contributed by atoms with Crippen LogP contribution in [0.4, 0.5) is 0 Å². The molecule has 1 heteroatoms. The molecule has 0 bridgehead atoms. The molecule has 0 aliphatic rings. The molecule has 0 radical (unpaired) electrons. The van der Waals surface area contributed by atoms with Gasteiger partial charge in [-0.2, -0.15) is 12.6 Å². The van der Waals surface area contributed by atoms with Crippen LogP contribution in [0.5, 0.6) is 0 Å². The van der Waals surface area contributed by atoms with Crippen LogP contribution in [-0.4, -0.2) is 5.25 Å². The minimum absolute atomic E-state index is 0.639. The highest BCUT2D eigenvalue weighted by Crippen LogP contribution is 2.28. The van der Waals surface area contributed by atoms with E-state index < -0.39 is 0 Å². The van der Waals surface area contributed by atoms with Gasteiger partial charge in [0.15, 0.2) is 0 Å². The summed E-state index contributed by atoms with van der Waals surface area (Å²) < 4.78 is 0. The van der Waals surface area contributed by atoms with Crippen LogP contribution in [0.2, 0.25) is 0 Å². The summed E-state index contributed by atoms with van der Waals surface area (Å²) in [7, 11) is 0. The lowest BCUT2D eigenvalue weighted by Gasteiger charge is -2.24. The third kappa shape index (κ3) is 19.7. The van der Waals surface area contributed by atoms with Gasteiger partial charge in [-0.15, -0.1) is 0 Å². The van der Waals surface area contributed by atoms with Crippen molar-refractivity contribution in [1.29, 1.82) is 0 Å². The summed E-state index contributed by atoms with van der Waals surface area (Å²) in [6.45, 7) is 14.1. The molecule has 2 unspecified atom stereocenters. The van der Waals surface area contributed by atoms with E-state index in [1.165, 1.54) is 103 Å². The van der Waals surface area contributed by atoms with Crippen molar-refractivity contribution < 1.29 is 0 Å². The quantitative estimate of drug-likeness (QED) is 0.149. The molecule has 0 rings (SSSR count). The zero-order valence-electron chi connectivity index (χ0n) is 20.6. The molecule has 0 aliphatic heterocycles. The fraction of sp³-hybridized carbons (Fsp3) is 1.00. The summed E-state index contributed by atoms with van der Waals surface area (Å²) in [6, 6.07) is 0. The zero-order chi connectivity index (χ0) is 21.2. The number of unbranched alkanes of at least 4 members (excludes halogenated alkanes) is 7. The molecular formula is C27H56S. The van der Waals surface area contributed by atoms with Gasteiger partial charge in [0.05, 0.1) is 0 Å². The summed E-state index contributed by atoms with van der Waals surface area (Å²) in [4.78, 5) is 0. The molecule has 0 aromatic heterocycles. The number of hydrogen-bond acceptors (Lipinski definition) is 1. The Kier molecular flexibility index (Phi) is 19.6. The van der Waals surface area contributed by atoms with E-state index in [1.807, 2.05) is 0 Å². The van der Waals surface area contributed by atoms with Crippen LogP contribution in [0.25, 0.3) is 0 Å². The lowest BCUT2D eigenvalue weighted by atomic mass is 9.88. The first-order valence-corrected chi connectivity index (χ1v) is 13.5. The Bertz CT molecular complexity index is 307. The Hall–Kier alpha value is 0.350. The largest absolute Gasteiger partial charge is 0.176 e. The zero-order valence-corrected chi connectivity index (χ0v) is 21.5. The van der Waals surface area contributed by atoms with Crippen molar-refractivity contribution in [2.75, 3.05) is 0 Å². The molecule has 0 fully saturated rings. The first kappa shape index (κ1) is 28.4. The van der Waals surface area contributed by atoms with E-state index in [9.17, 15) is 0 Å². The standard InChI is InChI=1S/C27H56S/c1-23(2)17-11-7-8-14-20-26(21-15-9-12-18-24(3)4)27(28)22-16-10-13-19-25(5)6/h23-28H,7-22H2,1-6H3. The van der Waals surface area contributed by atoms with Gasteiger partial charge in [0.2, 0.25) is 0 Å². The third-order valence-corrected chi connectivity index (χ3v) is 6.97. The minimum atomic E-state index is 0.639. The lowest BCUT2D eigenvalue weighted by molar-refractivity contribution is 0.372. The molecule has 0 saturated carbocycles. The SMILES string of the molecule is CC(C)CCCCCCC(CCCCCC(C)C)C(S)CCCCCC(C)C. The number of hydrogen-bond donors (Lipinski definition) is 1. The van der Waals surface area contributed by atoms with Gasteiger partial charge in [-0.05, 0) is 42.9 Å². The first-order valence-electron chi connectivity index (χ1n) is 13.0. The van der Waals surface area contributed by atoms with Gasteiger partial charge < -0.3 is 0 Å². The van der Waals surface area contributed by atoms with E-state index in [0.29, 0.717) is 5.25 Å². The van der Waals surface area contributed by atoms with E-state index in [1.54, 1.807) is 0 Å². The van der Waals surface area contributed by atoms with Crippen LogP contribution < -0.4 is 0 Å². The average Bonchev–Trinajstić information content (AvgIpc) is 2.61. The second-order valence-corrected chi connectivity index (χ2v) is 11.4.